The zero-order valence-corrected chi connectivity index (χ0v) is 17.3. The van der Waals surface area contributed by atoms with Gasteiger partial charge in [0.2, 0.25) is 5.91 Å². The predicted octanol–water partition coefficient (Wildman–Crippen LogP) is 1.17. The van der Waals surface area contributed by atoms with Crippen LogP contribution in [0.2, 0.25) is 0 Å². The SMILES string of the molecule is Cc1c(C(=O)NC2CC3(CN(C(=O)C(C)(C)C4CC4)C3)n3ccnc32)nnn1C. The fourth-order valence-corrected chi connectivity index (χ4v) is 4.98. The Kier molecular flexibility index (Phi) is 3.73. The predicted molar refractivity (Wildman–Crippen MR) is 104 cm³/mol. The lowest BCUT2D eigenvalue weighted by Crippen LogP contribution is -2.65. The molecule has 4 heterocycles. The van der Waals surface area contributed by atoms with Gasteiger partial charge in [0.05, 0.1) is 17.3 Å². The van der Waals surface area contributed by atoms with E-state index in [9.17, 15) is 9.59 Å². The normalized spacial score (nSPS) is 22.5. The molecule has 5 rings (SSSR count). The molecule has 2 aliphatic heterocycles. The molecule has 0 aromatic carbocycles. The Morgan fingerprint density at radius 1 is 1.28 bits per heavy atom. The third kappa shape index (κ3) is 2.63. The minimum absolute atomic E-state index is 0.184. The quantitative estimate of drug-likeness (QED) is 0.835. The van der Waals surface area contributed by atoms with Crippen molar-refractivity contribution in [1.82, 2.24) is 34.8 Å². The number of aryl methyl sites for hydroxylation is 1. The summed E-state index contributed by atoms with van der Waals surface area (Å²) in [7, 11) is 1.76. The van der Waals surface area contributed by atoms with Crippen molar-refractivity contribution in [2.75, 3.05) is 13.1 Å². The monoisotopic (exact) mass is 397 g/mol. The first kappa shape index (κ1) is 18.3. The Balaban J connectivity index is 1.31. The summed E-state index contributed by atoms with van der Waals surface area (Å²) in [5, 5.41) is 11.0. The van der Waals surface area contributed by atoms with Gasteiger partial charge in [-0.15, -0.1) is 5.10 Å². The van der Waals surface area contributed by atoms with Gasteiger partial charge in [0.25, 0.3) is 5.91 Å². The minimum atomic E-state index is -0.283. The number of carbonyl (C=O) groups is 2. The van der Waals surface area contributed by atoms with Gasteiger partial charge in [0.1, 0.15) is 5.82 Å². The third-order valence-corrected chi connectivity index (χ3v) is 7.11. The molecule has 0 bridgehead atoms. The number of imidazole rings is 1. The molecule has 0 radical (unpaired) electrons. The lowest BCUT2D eigenvalue weighted by Gasteiger charge is -2.51. The highest BCUT2D eigenvalue weighted by molar-refractivity contribution is 5.93. The molecule has 2 aromatic rings. The van der Waals surface area contributed by atoms with E-state index in [-0.39, 0.29) is 28.8 Å². The lowest BCUT2D eigenvalue weighted by atomic mass is 9.80. The van der Waals surface area contributed by atoms with Crippen molar-refractivity contribution < 1.29 is 9.59 Å². The second-order valence-corrected chi connectivity index (χ2v) is 9.41. The van der Waals surface area contributed by atoms with Crippen LogP contribution < -0.4 is 5.32 Å². The van der Waals surface area contributed by atoms with Crippen LogP contribution in [0.15, 0.2) is 12.4 Å². The molecular formula is C20H27N7O2. The number of amides is 2. The molecule has 2 fully saturated rings. The number of hydrogen-bond acceptors (Lipinski definition) is 5. The van der Waals surface area contributed by atoms with E-state index in [4.69, 9.17) is 0 Å². The van der Waals surface area contributed by atoms with Crippen LogP contribution in [-0.4, -0.2) is 54.3 Å². The first-order chi connectivity index (χ1) is 13.7. The molecule has 1 spiro atoms. The van der Waals surface area contributed by atoms with Gasteiger partial charge >= 0.3 is 0 Å². The van der Waals surface area contributed by atoms with E-state index >= 15 is 0 Å². The Labute approximate surface area is 169 Å². The smallest absolute Gasteiger partial charge is 0.274 e. The van der Waals surface area contributed by atoms with Crippen molar-refractivity contribution >= 4 is 11.8 Å². The van der Waals surface area contributed by atoms with E-state index in [2.05, 4.69) is 39.0 Å². The van der Waals surface area contributed by atoms with Crippen LogP contribution in [0.25, 0.3) is 0 Å². The molecule has 1 aliphatic carbocycles. The van der Waals surface area contributed by atoms with Crippen molar-refractivity contribution in [1.29, 1.82) is 0 Å². The number of likely N-dealkylation sites (tertiary alicyclic amines) is 1. The van der Waals surface area contributed by atoms with Gasteiger partial charge < -0.3 is 14.8 Å². The van der Waals surface area contributed by atoms with Crippen LogP contribution in [-0.2, 0) is 17.4 Å². The molecule has 1 saturated heterocycles. The largest absolute Gasteiger partial charge is 0.341 e. The van der Waals surface area contributed by atoms with Gasteiger partial charge in [-0.1, -0.05) is 19.1 Å². The van der Waals surface area contributed by atoms with Crippen molar-refractivity contribution in [3.63, 3.8) is 0 Å². The van der Waals surface area contributed by atoms with Crippen LogP contribution in [0.5, 0.6) is 0 Å². The number of nitrogens with zero attached hydrogens (tertiary/aromatic N) is 6. The summed E-state index contributed by atoms with van der Waals surface area (Å²) < 4.78 is 3.73. The molecule has 9 heteroatoms. The Bertz CT molecular complexity index is 994. The number of nitrogens with one attached hydrogen (secondary N) is 1. The molecule has 1 atom stereocenters. The Morgan fingerprint density at radius 3 is 2.62 bits per heavy atom. The average molecular weight is 397 g/mol. The number of fused-ring (bicyclic) bond motifs is 2. The number of hydrogen-bond donors (Lipinski definition) is 1. The van der Waals surface area contributed by atoms with Gasteiger partial charge in [-0.2, -0.15) is 0 Å². The summed E-state index contributed by atoms with van der Waals surface area (Å²) in [4.78, 5) is 32.2. The van der Waals surface area contributed by atoms with Crippen molar-refractivity contribution in [3.05, 3.63) is 29.6 Å². The van der Waals surface area contributed by atoms with Crippen LogP contribution in [0.3, 0.4) is 0 Å². The standard InChI is InChI=1S/C20H27N7O2/c1-12-15(23-24-25(12)4)17(28)22-14-9-20(27-8-7-21-16(14)27)10-26(11-20)18(29)19(2,3)13-5-6-13/h7-8,13-14H,5-6,9-11H2,1-4H3,(H,22,28). The van der Waals surface area contributed by atoms with E-state index < -0.39 is 0 Å². The van der Waals surface area contributed by atoms with Crippen molar-refractivity contribution in [2.24, 2.45) is 18.4 Å². The van der Waals surface area contributed by atoms with E-state index in [1.54, 1.807) is 17.9 Å². The van der Waals surface area contributed by atoms with Crippen LogP contribution in [0, 0.1) is 18.3 Å². The Hall–Kier alpha value is -2.71. The molecule has 1 unspecified atom stereocenters. The van der Waals surface area contributed by atoms with Crippen molar-refractivity contribution in [2.45, 2.75) is 51.6 Å². The van der Waals surface area contributed by atoms with E-state index in [1.165, 1.54) is 0 Å². The average Bonchev–Trinajstić information content (AvgIpc) is 3.21. The highest BCUT2D eigenvalue weighted by Crippen LogP contribution is 2.50. The third-order valence-electron chi connectivity index (χ3n) is 7.11. The summed E-state index contributed by atoms with van der Waals surface area (Å²) in [5.74, 6) is 1.36. The molecule has 9 nitrogen and oxygen atoms in total. The zero-order chi connectivity index (χ0) is 20.6. The molecular weight excluding hydrogens is 370 g/mol. The number of rotatable bonds is 4. The van der Waals surface area contributed by atoms with Crippen molar-refractivity contribution in [3.8, 4) is 0 Å². The summed E-state index contributed by atoms with van der Waals surface area (Å²) >= 11 is 0. The number of carbonyl (C=O) groups excluding carboxylic acids is 2. The first-order valence-corrected chi connectivity index (χ1v) is 10.2. The first-order valence-electron chi connectivity index (χ1n) is 10.2. The highest BCUT2D eigenvalue weighted by Gasteiger charge is 2.56. The highest BCUT2D eigenvalue weighted by atomic mass is 16.2. The summed E-state index contributed by atoms with van der Waals surface area (Å²) in [6, 6.07) is -0.201. The molecule has 2 amide bonds. The maximum Gasteiger partial charge on any atom is 0.274 e. The van der Waals surface area contributed by atoms with Gasteiger partial charge in [-0.25, -0.2) is 4.98 Å². The maximum atomic E-state index is 13.0. The minimum Gasteiger partial charge on any atom is -0.341 e. The van der Waals surface area contributed by atoms with Gasteiger partial charge in [-0.3, -0.25) is 14.3 Å². The zero-order valence-electron chi connectivity index (χ0n) is 17.3. The molecule has 3 aliphatic rings. The summed E-state index contributed by atoms with van der Waals surface area (Å²) in [5.41, 5.74) is 0.593. The van der Waals surface area contributed by atoms with E-state index in [0.29, 0.717) is 24.7 Å². The Morgan fingerprint density at radius 2 is 2.00 bits per heavy atom. The molecule has 1 saturated carbocycles. The molecule has 29 heavy (non-hydrogen) atoms. The van der Waals surface area contributed by atoms with Crippen LogP contribution in [0.4, 0.5) is 0 Å². The molecule has 154 valence electrons. The fourth-order valence-electron chi connectivity index (χ4n) is 4.98. The summed E-state index contributed by atoms with van der Waals surface area (Å²) in [6.07, 6.45) is 6.76. The second kappa shape index (κ2) is 5.90. The molecule has 1 N–H and O–H groups in total. The maximum absolute atomic E-state index is 13.0. The van der Waals surface area contributed by atoms with E-state index in [0.717, 1.165) is 30.8 Å². The van der Waals surface area contributed by atoms with Crippen LogP contribution >= 0.6 is 0 Å². The van der Waals surface area contributed by atoms with Gasteiger partial charge in [0, 0.05) is 44.4 Å². The lowest BCUT2D eigenvalue weighted by molar-refractivity contribution is -0.152. The van der Waals surface area contributed by atoms with Gasteiger partial charge in [0.15, 0.2) is 5.69 Å². The van der Waals surface area contributed by atoms with Crippen LogP contribution in [0.1, 0.15) is 61.2 Å². The van der Waals surface area contributed by atoms with Gasteiger partial charge in [-0.05, 0) is 25.7 Å². The topological polar surface area (TPSA) is 97.9 Å². The summed E-state index contributed by atoms with van der Waals surface area (Å²) in [6.45, 7) is 7.30. The second-order valence-electron chi connectivity index (χ2n) is 9.41. The molecule has 2 aromatic heterocycles. The number of aromatic nitrogens is 5. The fraction of sp³-hybridized carbons (Fsp3) is 0.650. The van der Waals surface area contributed by atoms with E-state index in [1.807, 2.05) is 18.0 Å².